The normalized spacial score (nSPS) is 9.75. The molecule has 0 aliphatic rings. The predicted octanol–water partition coefficient (Wildman–Crippen LogP) is 4.97. The number of benzene rings is 2. The molecule has 0 fully saturated rings. The molecule has 0 amide bonds. The Kier molecular flexibility index (Phi) is 4.87. The summed E-state index contributed by atoms with van der Waals surface area (Å²) in [6, 6.07) is 11.1. The van der Waals surface area contributed by atoms with E-state index in [1.165, 1.54) is 0 Å². The first-order chi connectivity index (χ1) is 9.49. The standard InChI is InChI=1S/C15H7Br2ClO2/c16-14-10(4-8-13(19)20)3-7-12(15(14)17)9-1-5-11(18)6-2-9/h1-3,5-7H,(H,19,20). The van der Waals surface area contributed by atoms with Crippen LogP contribution in [0, 0.1) is 11.8 Å². The Morgan fingerprint density at radius 1 is 1.05 bits per heavy atom. The number of rotatable bonds is 1. The van der Waals surface area contributed by atoms with E-state index in [2.05, 4.69) is 43.7 Å². The van der Waals surface area contributed by atoms with Gasteiger partial charge in [0.2, 0.25) is 0 Å². The van der Waals surface area contributed by atoms with Crippen LogP contribution in [0.1, 0.15) is 5.56 Å². The quantitative estimate of drug-likeness (QED) is 0.669. The average molecular weight is 414 g/mol. The molecule has 0 radical (unpaired) electrons. The van der Waals surface area contributed by atoms with Crippen molar-refractivity contribution >= 4 is 49.4 Å². The number of hydrogen-bond acceptors (Lipinski definition) is 1. The van der Waals surface area contributed by atoms with Crippen molar-refractivity contribution in [2.75, 3.05) is 0 Å². The van der Waals surface area contributed by atoms with Crippen LogP contribution in [0.15, 0.2) is 45.3 Å². The van der Waals surface area contributed by atoms with E-state index in [0.717, 1.165) is 20.1 Å². The molecule has 2 aromatic carbocycles. The molecule has 1 N–H and O–H groups in total. The molecule has 5 heteroatoms. The molecular weight excluding hydrogens is 407 g/mol. The number of hydrogen-bond donors (Lipinski definition) is 1. The van der Waals surface area contributed by atoms with Gasteiger partial charge in [-0.1, -0.05) is 35.7 Å². The van der Waals surface area contributed by atoms with Gasteiger partial charge in [0.1, 0.15) is 0 Å². The molecule has 0 heterocycles. The maximum Gasteiger partial charge on any atom is 0.382 e. The van der Waals surface area contributed by atoms with Crippen molar-refractivity contribution in [2.45, 2.75) is 0 Å². The lowest BCUT2D eigenvalue weighted by Crippen LogP contribution is -1.89. The Hall–Kier alpha value is -1.28. The number of halogens is 3. The highest BCUT2D eigenvalue weighted by Crippen LogP contribution is 2.36. The zero-order valence-corrected chi connectivity index (χ0v) is 13.9. The first kappa shape index (κ1) is 15.1. The van der Waals surface area contributed by atoms with Gasteiger partial charge in [-0.25, -0.2) is 4.79 Å². The summed E-state index contributed by atoms with van der Waals surface area (Å²) in [5.74, 6) is 3.53. The maximum atomic E-state index is 10.5. The molecule has 0 unspecified atom stereocenters. The average Bonchev–Trinajstić information content (AvgIpc) is 2.42. The molecule has 0 aliphatic carbocycles. The second kappa shape index (κ2) is 6.45. The number of carboxylic acid groups (broad SMARTS) is 1. The van der Waals surface area contributed by atoms with Crippen LogP contribution >= 0.6 is 43.5 Å². The predicted molar refractivity (Wildman–Crippen MR) is 86.8 cm³/mol. The monoisotopic (exact) mass is 412 g/mol. The molecule has 0 saturated heterocycles. The molecule has 0 bridgehead atoms. The summed E-state index contributed by atoms with van der Waals surface area (Å²) in [6.45, 7) is 0. The Morgan fingerprint density at radius 3 is 2.30 bits per heavy atom. The van der Waals surface area contributed by atoms with Gasteiger partial charge in [-0.05, 0) is 61.2 Å². The van der Waals surface area contributed by atoms with Crippen molar-refractivity contribution in [3.63, 3.8) is 0 Å². The summed E-state index contributed by atoms with van der Waals surface area (Å²) in [4.78, 5) is 10.5. The van der Waals surface area contributed by atoms with Crippen molar-refractivity contribution in [3.05, 3.63) is 55.9 Å². The van der Waals surface area contributed by atoms with E-state index in [1.54, 1.807) is 6.07 Å². The van der Waals surface area contributed by atoms with Gasteiger partial charge in [0.25, 0.3) is 0 Å². The van der Waals surface area contributed by atoms with E-state index in [4.69, 9.17) is 16.7 Å². The first-order valence-corrected chi connectivity index (χ1v) is 7.44. The van der Waals surface area contributed by atoms with E-state index >= 15 is 0 Å². The molecule has 0 aliphatic heterocycles. The van der Waals surface area contributed by atoms with Gasteiger partial charge in [0.15, 0.2) is 0 Å². The summed E-state index contributed by atoms with van der Waals surface area (Å²) in [7, 11) is 0. The second-order valence-electron chi connectivity index (χ2n) is 3.85. The van der Waals surface area contributed by atoms with Crippen LogP contribution in [-0.2, 0) is 4.79 Å². The van der Waals surface area contributed by atoms with Gasteiger partial charge in [0, 0.05) is 25.5 Å². The van der Waals surface area contributed by atoms with Gasteiger partial charge in [-0.2, -0.15) is 0 Å². The summed E-state index contributed by atoms with van der Waals surface area (Å²) >= 11 is 12.8. The molecule has 0 spiro atoms. The van der Waals surface area contributed by atoms with E-state index in [0.29, 0.717) is 10.6 Å². The van der Waals surface area contributed by atoms with Crippen LogP contribution in [0.25, 0.3) is 11.1 Å². The first-order valence-electron chi connectivity index (χ1n) is 5.48. The maximum absolute atomic E-state index is 10.5. The van der Waals surface area contributed by atoms with Crippen LogP contribution in [0.4, 0.5) is 0 Å². The molecule has 0 atom stereocenters. The van der Waals surface area contributed by atoms with Crippen LogP contribution in [0.3, 0.4) is 0 Å². The fourth-order valence-corrected chi connectivity index (χ4v) is 2.76. The van der Waals surface area contributed by atoms with Crippen LogP contribution in [0.2, 0.25) is 5.02 Å². The number of aliphatic carboxylic acids is 1. The molecular formula is C15H7Br2ClO2. The largest absolute Gasteiger partial charge is 0.472 e. The highest BCUT2D eigenvalue weighted by molar-refractivity contribution is 9.13. The van der Waals surface area contributed by atoms with Gasteiger partial charge in [0.05, 0.1) is 0 Å². The van der Waals surface area contributed by atoms with Gasteiger partial charge >= 0.3 is 5.97 Å². The smallest absolute Gasteiger partial charge is 0.382 e. The van der Waals surface area contributed by atoms with Crippen molar-refractivity contribution in [1.82, 2.24) is 0 Å². The third-order valence-corrected chi connectivity index (χ3v) is 4.97. The summed E-state index contributed by atoms with van der Waals surface area (Å²) < 4.78 is 1.54. The number of carboxylic acids is 1. The van der Waals surface area contributed by atoms with E-state index in [-0.39, 0.29) is 0 Å². The Labute approximate surface area is 138 Å². The lowest BCUT2D eigenvalue weighted by Gasteiger charge is -2.08. The topological polar surface area (TPSA) is 37.3 Å². The van der Waals surface area contributed by atoms with E-state index in [1.807, 2.05) is 30.3 Å². The summed E-state index contributed by atoms with van der Waals surface area (Å²) in [5.41, 5.74) is 2.58. The summed E-state index contributed by atoms with van der Waals surface area (Å²) in [5, 5.41) is 9.25. The Balaban J connectivity index is 2.49. The SMILES string of the molecule is O=C(O)C#Cc1ccc(-c2ccc(Cl)cc2)c(Br)c1Br. The van der Waals surface area contributed by atoms with Gasteiger partial charge in [-0.3, -0.25) is 0 Å². The zero-order valence-electron chi connectivity index (χ0n) is 9.95. The van der Waals surface area contributed by atoms with Crippen molar-refractivity contribution in [1.29, 1.82) is 0 Å². The van der Waals surface area contributed by atoms with Crippen molar-refractivity contribution in [2.24, 2.45) is 0 Å². The second-order valence-corrected chi connectivity index (χ2v) is 5.87. The van der Waals surface area contributed by atoms with Crippen LogP contribution in [0.5, 0.6) is 0 Å². The molecule has 0 aromatic heterocycles. The van der Waals surface area contributed by atoms with Crippen LogP contribution in [-0.4, -0.2) is 11.1 Å². The third-order valence-electron chi connectivity index (χ3n) is 2.54. The van der Waals surface area contributed by atoms with Gasteiger partial charge < -0.3 is 5.11 Å². The van der Waals surface area contributed by atoms with E-state index in [9.17, 15) is 4.79 Å². The minimum absolute atomic E-state index is 0.608. The molecule has 2 rings (SSSR count). The highest BCUT2D eigenvalue weighted by Gasteiger charge is 2.09. The third kappa shape index (κ3) is 3.43. The van der Waals surface area contributed by atoms with Gasteiger partial charge in [-0.15, -0.1) is 0 Å². The van der Waals surface area contributed by atoms with Crippen molar-refractivity contribution < 1.29 is 9.90 Å². The molecule has 100 valence electrons. The highest BCUT2D eigenvalue weighted by atomic mass is 79.9. The Bertz CT molecular complexity index is 728. The lowest BCUT2D eigenvalue weighted by molar-refractivity contribution is -0.130. The van der Waals surface area contributed by atoms with E-state index < -0.39 is 5.97 Å². The van der Waals surface area contributed by atoms with Crippen molar-refractivity contribution in [3.8, 4) is 23.0 Å². The molecule has 20 heavy (non-hydrogen) atoms. The molecule has 2 nitrogen and oxygen atoms in total. The minimum atomic E-state index is -1.16. The fourth-order valence-electron chi connectivity index (χ4n) is 1.62. The zero-order chi connectivity index (χ0) is 14.7. The van der Waals surface area contributed by atoms with Crippen LogP contribution < -0.4 is 0 Å². The minimum Gasteiger partial charge on any atom is -0.472 e. The fraction of sp³-hybridized carbons (Fsp3) is 0. The lowest BCUT2D eigenvalue weighted by atomic mass is 10.0. The summed E-state index contributed by atoms with van der Waals surface area (Å²) in [6.07, 6.45) is 0. The molecule has 0 saturated carbocycles. The molecule has 2 aromatic rings. The number of carbonyl (C=O) groups is 1. The Morgan fingerprint density at radius 2 is 1.70 bits per heavy atom.